The number of carboxylic acids is 1. The van der Waals surface area contributed by atoms with Gasteiger partial charge in [0.15, 0.2) is 23.2 Å². The smallest absolute Gasteiger partial charge is 0.313 e. The van der Waals surface area contributed by atoms with Gasteiger partial charge in [0.1, 0.15) is 12.6 Å². The average molecular weight is 664 g/mol. The van der Waals surface area contributed by atoms with Gasteiger partial charge >= 0.3 is 17.8 Å². The molecule has 2 aromatic carbocycles. The molecule has 1 aliphatic carbocycles. The highest BCUT2D eigenvalue weighted by atomic mass is 19.2. The molecule has 2 aromatic rings. The number of hydrogen-bond donors (Lipinski definition) is 3. The van der Waals surface area contributed by atoms with Crippen LogP contribution in [0.25, 0.3) is 0 Å². The van der Waals surface area contributed by atoms with Crippen LogP contribution in [-0.2, 0) is 29.4 Å². The van der Waals surface area contributed by atoms with Gasteiger partial charge in [0, 0.05) is 30.3 Å². The van der Waals surface area contributed by atoms with Crippen molar-refractivity contribution in [2.75, 3.05) is 18.5 Å². The Morgan fingerprint density at radius 1 is 0.979 bits per heavy atom. The van der Waals surface area contributed by atoms with E-state index in [1.807, 2.05) is 32.9 Å². The lowest BCUT2D eigenvalue weighted by Gasteiger charge is -2.47. The number of rotatable bonds is 9. The third-order valence-electron chi connectivity index (χ3n) is 8.67. The van der Waals surface area contributed by atoms with Crippen molar-refractivity contribution in [3.8, 4) is 5.75 Å². The number of halogens is 4. The van der Waals surface area contributed by atoms with Gasteiger partial charge in [-0.15, -0.1) is 0 Å². The number of amides is 3. The SMILES string of the molecule is CC(C)(C)c1ccccc1NC(=O)C(=O)N1CC[C@H](C(=O)N[C@@H](CC(=O)O)C(=O)COc2c(F)c(F)cc(F)c2F)C2CCCCC21. The summed E-state index contributed by atoms with van der Waals surface area (Å²) < 4.78 is 59.8. The Balaban J connectivity index is 1.45. The fraction of sp³-hybridized carbons (Fsp3) is 0.485. The second kappa shape index (κ2) is 14.5. The lowest BCUT2D eigenvalue weighted by molar-refractivity contribution is -0.151. The Morgan fingerprint density at radius 2 is 1.62 bits per heavy atom. The number of nitrogens with one attached hydrogen (secondary N) is 2. The van der Waals surface area contributed by atoms with Crippen LogP contribution >= 0.6 is 0 Å². The van der Waals surface area contributed by atoms with Crippen molar-refractivity contribution < 1.29 is 51.4 Å². The van der Waals surface area contributed by atoms with E-state index >= 15 is 0 Å². The molecule has 4 rings (SSSR count). The van der Waals surface area contributed by atoms with Gasteiger partial charge < -0.3 is 25.4 Å². The van der Waals surface area contributed by atoms with E-state index in [2.05, 4.69) is 10.6 Å². The van der Waals surface area contributed by atoms with Crippen molar-refractivity contribution >= 4 is 35.2 Å². The monoisotopic (exact) mass is 663 g/mol. The van der Waals surface area contributed by atoms with Gasteiger partial charge in [0.2, 0.25) is 17.5 Å². The number of carboxylic acid groups (broad SMARTS) is 1. The van der Waals surface area contributed by atoms with Crippen LogP contribution in [0.4, 0.5) is 23.2 Å². The zero-order valence-electron chi connectivity index (χ0n) is 26.2. The summed E-state index contributed by atoms with van der Waals surface area (Å²) in [5, 5.41) is 14.5. The quantitative estimate of drug-likeness (QED) is 0.204. The first kappa shape index (κ1) is 35.4. The molecule has 3 N–H and O–H groups in total. The number of piperidine rings is 1. The molecule has 254 valence electrons. The largest absolute Gasteiger partial charge is 0.481 e. The first-order valence-electron chi connectivity index (χ1n) is 15.3. The summed E-state index contributed by atoms with van der Waals surface area (Å²) in [6, 6.07) is 4.98. The number of para-hydroxylation sites is 1. The summed E-state index contributed by atoms with van der Waals surface area (Å²) in [5.74, 6) is -14.7. The second-order valence-electron chi connectivity index (χ2n) is 12.9. The Kier molecular flexibility index (Phi) is 10.9. The van der Waals surface area contributed by atoms with Crippen molar-refractivity contribution in [1.82, 2.24) is 10.2 Å². The van der Waals surface area contributed by atoms with E-state index in [4.69, 9.17) is 4.74 Å². The number of ketones is 1. The van der Waals surface area contributed by atoms with Gasteiger partial charge in [0.25, 0.3) is 0 Å². The summed E-state index contributed by atoms with van der Waals surface area (Å²) in [4.78, 5) is 66.0. The maximum atomic E-state index is 14.0. The molecule has 2 aliphatic rings. The molecule has 1 aliphatic heterocycles. The standard InChI is InChI=1S/C33H37F4N3O7/c1-33(2,3)19-9-5-6-10-22(19)38-31(45)32(46)40-13-12-18(17-8-4-7-11-24(17)40)30(44)39-23(15-26(42)43)25(41)16-47-29-27(36)20(34)14-21(35)28(29)37/h5-6,9-10,14,17-18,23-24H,4,7-8,11-13,15-16H2,1-3H3,(H,38,45)(H,39,44)(H,42,43)/t17?,18-,23-,24?/m0/s1. The van der Waals surface area contributed by atoms with Crippen molar-refractivity contribution in [3.63, 3.8) is 0 Å². The Hall–Kier alpha value is -4.49. The summed E-state index contributed by atoms with van der Waals surface area (Å²) in [7, 11) is 0. The molecule has 47 heavy (non-hydrogen) atoms. The minimum atomic E-state index is -1.88. The van der Waals surface area contributed by atoms with Crippen LogP contribution in [0.2, 0.25) is 0 Å². The van der Waals surface area contributed by atoms with E-state index in [1.54, 1.807) is 12.1 Å². The molecule has 0 bridgehead atoms. The van der Waals surface area contributed by atoms with E-state index in [0.29, 0.717) is 18.5 Å². The van der Waals surface area contributed by atoms with Crippen LogP contribution in [0.3, 0.4) is 0 Å². The van der Waals surface area contributed by atoms with Gasteiger partial charge in [-0.1, -0.05) is 51.8 Å². The topological polar surface area (TPSA) is 142 Å². The summed E-state index contributed by atoms with van der Waals surface area (Å²) in [6.45, 7) is 4.80. The molecule has 0 spiro atoms. The number of carbonyl (C=O) groups excluding carboxylic acids is 4. The molecule has 0 radical (unpaired) electrons. The van der Waals surface area contributed by atoms with E-state index in [0.717, 1.165) is 18.4 Å². The zero-order chi connectivity index (χ0) is 34.6. The zero-order valence-corrected chi connectivity index (χ0v) is 26.2. The molecule has 3 amide bonds. The van der Waals surface area contributed by atoms with Crippen LogP contribution in [0.1, 0.15) is 64.9 Å². The first-order chi connectivity index (χ1) is 22.1. The molecule has 2 fully saturated rings. The highest BCUT2D eigenvalue weighted by Gasteiger charge is 2.46. The number of Topliss-reactive ketones (excluding diaryl/α,β-unsaturated/α-hetero) is 1. The summed E-state index contributed by atoms with van der Waals surface area (Å²) >= 11 is 0. The number of benzene rings is 2. The second-order valence-corrected chi connectivity index (χ2v) is 12.9. The molecule has 2 unspecified atom stereocenters. The van der Waals surface area contributed by atoms with Crippen LogP contribution in [0.5, 0.6) is 5.75 Å². The molecular formula is C33H37F4N3O7. The number of hydrogen-bond acceptors (Lipinski definition) is 6. The molecule has 0 aromatic heterocycles. The van der Waals surface area contributed by atoms with Crippen LogP contribution in [0.15, 0.2) is 30.3 Å². The van der Waals surface area contributed by atoms with Gasteiger partial charge in [-0.05, 0) is 42.2 Å². The molecule has 1 saturated carbocycles. The van der Waals surface area contributed by atoms with Gasteiger partial charge in [-0.3, -0.25) is 24.0 Å². The maximum Gasteiger partial charge on any atom is 0.313 e. The predicted molar refractivity (Wildman–Crippen MR) is 160 cm³/mol. The predicted octanol–water partition coefficient (Wildman–Crippen LogP) is 4.49. The summed E-state index contributed by atoms with van der Waals surface area (Å²) in [6.07, 6.45) is 1.76. The third-order valence-corrected chi connectivity index (χ3v) is 8.67. The van der Waals surface area contributed by atoms with E-state index in [1.165, 1.54) is 4.90 Å². The van der Waals surface area contributed by atoms with Gasteiger partial charge in [0.05, 0.1) is 6.42 Å². The number of fused-ring (bicyclic) bond motifs is 1. The normalized spacial score (nSPS) is 20.1. The van der Waals surface area contributed by atoms with Crippen LogP contribution < -0.4 is 15.4 Å². The third kappa shape index (κ3) is 8.09. The highest BCUT2D eigenvalue weighted by molar-refractivity contribution is 6.39. The Morgan fingerprint density at radius 3 is 2.26 bits per heavy atom. The van der Waals surface area contributed by atoms with Crippen molar-refractivity contribution in [1.29, 1.82) is 0 Å². The number of anilines is 1. The minimum Gasteiger partial charge on any atom is -0.481 e. The Bertz CT molecular complexity index is 1540. The van der Waals surface area contributed by atoms with Crippen molar-refractivity contribution in [2.24, 2.45) is 11.8 Å². The fourth-order valence-electron chi connectivity index (χ4n) is 6.40. The van der Waals surface area contributed by atoms with E-state index in [9.17, 15) is 46.6 Å². The van der Waals surface area contributed by atoms with E-state index in [-0.39, 0.29) is 24.4 Å². The van der Waals surface area contributed by atoms with Gasteiger partial charge in [-0.2, -0.15) is 8.78 Å². The summed E-state index contributed by atoms with van der Waals surface area (Å²) in [5.41, 5.74) is 1.06. The molecule has 1 heterocycles. The first-order valence-corrected chi connectivity index (χ1v) is 15.3. The van der Waals surface area contributed by atoms with E-state index < -0.39 is 95.4 Å². The number of carbonyl (C=O) groups is 5. The molecule has 14 heteroatoms. The van der Waals surface area contributed by atoms with Crippen molar-refractivity contribution in [3.05, 3.63) is 59.2 Å². The van der Waals surface area contributed by atoms with Crippen LogP contribution in [-0.4, -0.2) is 64.7 Å². The lowest BCUT2D eigenvalue weighted by Crippen LogP contribution is -2.58. The lowest BCUT2D eigenvalue weighted by atomic mass is 9.71. The molecular weight excluding hydrogens is 626 g/mol. The van der Waals surface area contributed by atoms with Crippen molar-refractivity contribution in [2.45, 2.75) is 76.8 Å². The maximum absolute atomic E-state index is 14.0. The average Bonchev–Trinajstić information content (AvgIpc) is 3.02. The number of nitrogens with zero attached hydrogens (tertiary/aromatic N) is 1. The number of likely N-dealkylation sites (tertiary alicyclic amines) is 1. The molecule has 1 saturated heterocycles. The Labute approximate surface area is 268 Å². The highest BCUT2D eigenvalue weighted by Crippen LogP contribution is 2.40. The van der Waals surface area contributed by atoms with Crippen LogP contribution in [0, 0.1) is 35.1 Å². The number of aliphatic carboxylic acids is 1. The fourth-order valence-corrected chi connectivity index (χ4v) is 6.40. The number of ether oxygens (including phenoxy) is 1. The molecule has 4 atom stereocenters. The van der Waals surface area contributed by atoms with Gasteiger partial charge in [-0.25, -0.2) is 8.78 Å². The minimum absolute atomic E-state index is 0.0390. The molecule has 10 nitrogen and oxygen atoms in total.